The number of guanidine groups is 1. The van der Waals surface area contributed by atoms with Crippen LogP contribution in [0.5, 0.6) is 0 Å². The first-order valence-electron chi connectivity index (χ1n) is 14.7. The molecule has 1 unspecified atom stereocenters. The molecule has 0 radical (unpaired) electrons. The molecular formula is C31H40N6O5. The second-order valence-electron chi connectivity index (χ2n) is 11.4. The smallest absolute Gasteiger partial charge is 0.335 e. The molecule has 2 amide bonds. The summed E-state index contributed by atoms with van der Waals surface area (Å²) in [7, 11) is 1.75. The Kier molecular flexibility index (Phi) is 8.96. The van der Waals surface area contributed by atoms with E-state index >= 15 is 0 Å². The predicted octanol–water partition coefficient (Wildman–Crippen LogP) is 3.11. The van der Waals surface area contributed by atoms with Gasteiger partial charge in [-0.15, -0.1) is 0 Å². The summed E-state index contributed by atoms with van der Waals surface area (Å²) in [5.74, 6) is -1.67. The number of carboxylic acid groups (broad SMARTS) is 1. The summed E-state index contributed by atoms with van der Waals surface area (Å²) in [6.07, 6.45) is 5.55. The second-order valence-corrected chi connectivity index (χ2v) is 11.4. The molecular weight excluding hydrogens is 536 g/mol. The number of carbonyl (C=O) groups excluding carboxylic acids is 2. The highest BCUT2D eigenvalue weighted by Gasteiger charge is 2.40. The molecule has 2 aromatic carbocycles. The molecule has 6 N–H and O–H groups in total. The van der Waals surface area contributed by atoms with Crippen LogP contribution < -0.4 is 21.3 Å². The van der Waals surface area contributed by atoms with E-state index in [1.807, 2.05) is 12.1 Å². The lowest BCUT2D eigenvalue weighted by atomic mass is 9.83. The molecule has 2 aromatic rings. The van der Waals surface area contributed by atoms with Crippen LogP contribution in [0.1, 0.15) is 66.1 Å². The number of fused-ring (bicyclic) bond motifs is 1. The quantitative estimate of drug-likeness (QED) is 0.248. The van der Waals surface area contributed by atoms with E-state index in [1.54, 1.807) is 24.1 Å². The number of rotatable bonds is 7. The number of carbonyl (C=O) groups is 3. The Morgan fingerprint density at radius 1 is 0.976 bits per heavy atom. The lowest BCUT2D eigenvalue weighted by Crippen LogP contribution is -2.49. The lowest BCUT2D eigenvalue weighted by molar-refractivity contribution is -0.144. The van der Waals surface area contributed by atoms with Crippen LogP contribution in [0, 0.1) is 11.3 Å². The van der Waals surface area contributed by atoms with Crippen LogP contribution in [0.15, 0.2) is 42.5 Å². The number of nitrogens with one attached hydrogen (secondary N) is 3. The monoisotopic (exact) mass is 576 g/mol. The lowest BCUT2D eigenvalue weighted by Gasteiger charge is -2.42. The van der Waals surface area contributed by atoms with Crippen LogP contribution in [0.25, 0.3) is 0 Å². The number of methoxy groups -OCH3 is 1. The Labute approximate surface area is 245 Å². The molecule has 0 spiro atoms. The van der Waals surface area contributed by atoms with Gasteiger partial charge in [-0.1, -0.05) is 12.1 Å². The van der Waals surface area contributed by atoms with Gasteiger partial charge in [0.2, 0.25) is 5.91 Å². The number of hydrogen-bond acceptors (Lipinski definition) is 6. The largest absolute Gasteiger partial charge is 0.478 e. The zero-order chi connectivity index (χ0) is 29.8. The molecule has 11 heteroatoms. The van der Waals surface area contributed by atoms with E-state index in [0.29, 0.717) is 31.5 Å². The highest BCUT2D eigenvalue weighted by molar-refractivity contribution is 5.99. The summed E-state index contributed by atoms with van der Waals surface area (Å²) in [6, 6.07) is 11.3. The van der Waals surface area contributed by atoms with Crippen LogP contribution >= 0.6 is 0 Å². The van der Waals surface area contributed by atoms with Gasteiger partial charge >= 0.3 is 5.97 Å². The van der Waals surface area contributed by atoms with Gasteiger partial charge < -0.3 is 36.0 Å². The van der Waals surface area contributed by atoms with Gasteiger partial charge in [0.25, 0.3) is 5.91 Å². The van der Waals surface area contributed by atoms with E-state index in [9.17, 15) is 19.5 Å². The first-order chi connectivity index (χ1) is 20.2. The molecule has 2 aliphatic heterocycles. The maximum Gasteiger partial charge on any atom is 0.335 e. The summed E-state index contributed by atoms with van der Waals surface area (Å²) < 4.78 is 5.56. The number of piperidine rings is 1. The third kappa shape index (κ3) is 6.35. The second kappa shape index (κ2) is 12.8. The Morgan fingerprint density at radius 3 is 2.29 bits per heavy atom. The van der Waals surface area contributed by atoms with Crippen LogP contribution in [-0.4, -0.2) is 72.6 Å². The van der Waals surface area contributed by atoms with Gasteiger partial charge in [0.05, 0.1) is 11.7 Å². The van der Waals surface area contributed by atoms with Crippen LogP contribution in [0.3, 0.4) is 0 Å². The van der Waals surface area contributed by atoms with Crippen molar-refractivity contribution in [3.63, 3.8) is 0 Å². The normalized spacial score (nSPS) is 22.6. The number of nitrogens with two attached hydrogens (primary N) is 1. The van der Waals surface area contributed by atoms with Gasteiger partial charge in [0.1, 0.15) is 6.04 Å². The Morgan fingerprint density at radius 2 is 1.67 bits per heavy atom. The van der Waals surface area contributed by atoms with E-state index in [1.165, 1.54) is 12.1 Å². The van der Waals surface area contributed by atoms with Crippen molar-refractivity contribution in [3.8, 4) is 0 Å². The Balaban J connectivity index is 1.42. The number of amides is 2. The Bertz CT molecular complexity index is 1320. The van der Waals surface area contributed by atoms with Crippen molar-refractivity contribution in [1.82, 2.24) is 10.2 Å². The van der Waals surface area contributed by atoms with Crippen molar-refractivity contribution >= 4 is 35.1 Å². The molecule has 1 saturated heterocycles. The van der Waals surface area contributed by atoms with E-state index in [0.717, 1.165) is 55.6 Å². The first kappa shape index (κ1) is 29.4. The summed E-state index contributed by atoms with van der Waals surface area (Å²) in [5, 5.41) is 22.7. The highest BCUT2D eigenvalue weighted by atomic mass is 16.5. The SMILES string of the molecule is COC1CCN(c2cccc3c2CCN(C(=O)[C@H]2CC[C@@H](NC(=N)N)CC2)C3C(=O)Nc2ccc(C(=O)O)cc2)CC1. The zero-order valence-corrected chi connectivity index (χ0v) is 24.0. The number of hydrogen-bond donors (Lipinski definition) is 5. The predicted molar refractivity (Wildman–Crippen MR) is 160 cm³/mol. The summed E-state index contributed by atoms with van der Waals surface area (Å²) in [5.41, 5.74) is 9.13. The van der Waals surface area contributed by atoms with Gasteiger partial charge in [-0.2, -0.15) is 0 Å². The fourth-order valence-corrected chi connectivity index (χ4v) is 6.64. The molecule has 1 saturated carbocycles. The van der Waals surface area contributed by atoms with Crippen molar-refractivity contribution in [2.75, 3.05) is 37.0 Å². The van der Waals surface area contributed by atoms with E-state index in [4.69, 9.17) is 15.9 Å². The number of benzene rings is 2. The minimum Gasteiger partial charge on any atom is -0.478 e. The molecule has 0 bridgehead atoms. The van der Waals surface area contributed by atoms with Crippen molar-refractivity contribution < 1.29 is 24.2 Å². The van der Waals surface area contributed by atoms with Crippen LogP contribution in [0.2, 0.25) is 0 Å². The number of anilines is 2. The van der Waals surface area contributed by atoms with Crippen LogP contribution in [-0.2, 0) is 20.7 Å². The van der Waals surface area contributed by atoms with Gasteiger partial charge in [0.15, 0.2) is 5.96 Å². The van der Waals surface area contributed by atoms with Crippen molar-refractivity contribution in [3.05, 3.63) is 59.2 Å². The van der Waals surface area contributed by atoms with Crippen LogP contribution in [0.4, 0.5) is 11.4 Å². The molecule has 224 valence electrons. The Hall–Kier alpha value is -4.12. The standard InChI is InChI=1S/C31H40N6O5/c1-42-23-13-16-36(17-14-23)26-4-2-3-25-24(26)15-18-37(29(39)19-5-9-22(10-6-19)35-31(32)33)27(25)28(38)34-21-11-7-20(8-12-21)30(40)41/h2-4,7-8,11-12,19,22-23,27H,5-6,9-10,13-18H2,1H3,(H,34,38)(H,40,41)(H4,32,33,35)/t19-,22+,27?. The molecule has 2 heterocycles. The molecule has 3 aliphatic rings. The summed E-state index contributed by atoms with van der Waals surface area (Å²) >= 11 is 0. The minimum absolute atomic E-state index is 0.0328. The topological polar surface area (TPSA) is 161 Å². The van der Waals surface area contributed by atoms with Gasteiger partial charge in [-0.25, -0.2) is 4.79 Å². The maximum atomic E-state index is 14.0. The van der Waals surface area contributed by atoms with Crippen molar-refractivity contribution in [1.29, 1.82) is 5.41 Å². The van der Waals surface area contributed by atoms with E-state index in [2.05, 4.69) is 21.6 Å². The number of ether oxygens (including phenoxy) is 1. The van der Waals surface area contributed by atoms with Crippen molar-refractivity contribution in [2.45, 2.75) is 63.1 Å². The fourth-order valence-electron chi connectivity index (χ4n) is 6.64. The fraction of sp³-hybridized carbons (Fsp3) is 0.484. The average molecular weight is 577 g/mol. The average Bonchev–Trinajstić information content (AvgIpc) is 3.00. The number of carboxylic acids is 1. The molecule has 1 atom stereocenters. The highest BCUT2D eigenvalue weighted by Crippen LogP contribution is 2.39. The molecule has 5 rings (SSSR count). The molecule has 1 aliphatic carbocycles. The number of nitrogens with zero attached hydrogens (tertiary/aromatic N) is 2. The van der Waals surface area contributed by atoms with Gasteiger partial charge in [-0.05, 0) is 86.4 Å². The van der Waals surface area contributed by atoms with Gasteiger partial charge in [0, 0.05) is 50.1 Å². The molecule has 11 nitrogen and oxygen atoms in total. The van der Waals surface area contributed by atoms with E-state index in [-0.39, 0.29) is 41.4 Å². The minimum atomic E-state index is -1.04. The van der Waals surface area contributed by atoms with Crippen molar-refractivity contribution in [2.24, 2.45) is 11.7 Å². The third-order valence-electron chi connectivity index (χ3n) is 8.88. The number of aromatic carboxylic acids is 1. The molecule has 0 aromatic heterocycles. The first-order valence-corrected chi connectivity index (χ1v) is 14.7. The maximum absolute atomic E-state index is 14.0. The summed E-state index contributed by atoms with van der Waals surface area (Å²) in [4.78, 5) is 43.4. The molecule has 42 heavy (non-hydrogen) atoms. The third-order valence-corrected chi connectivity index (χ3v) is 8.88. The van der Waals surface area contributed by atoms with E-state index < -0.39 is 12.0 Å². The molecule has 2 fully saturated rings. The summed E-state index contributed by atoms with van der Waals surface area (Å²) in [6.45, 7) is 2.16. The van der Waals surface area contributed by atoms with Gasteiger partial charge in [-0.3, -0.25) is 15.0 Å². The zero-order valence-electron chi connectivity index (χ0n) is 24.0.